The number of hydrogen-bond acceptors (Lipinski definition) is 2. The highest BCUT2D eigenvalue weighted by atomic mass is 15.2. The van der Waals surface area contributed by atoms with Crippen molar-refractivity contribution >= 4 is 5.95 Å². The first-order valence-electron chi connectivity index (χ1n) is 6.65. The van der Waals surface area contributed by atoms with E-state index in [1.807, 2.05) is 6.20 Å². The molecule has 0 atom stereocenters. The molecule has 3 heteroatoms. The summed E-state index contributed by atoms with van der Waals surface area (Å²) in [6.45, 7) is 4.38. The van der Waals surface area contributed by atoms with E-state index in [0.717, 1.165) is 25.0 Å². The molecule has 1 aromatic heterocycles. The van der Waals surface area contributed by atoms with Gasteiger partial charge in [0, 0.05) is 25.5 Å². The van der Waals surface area contributed by atoms with E-state index in [4.69, 9.17) is 0 Å². The molecule has 0 unspecified atom stereocenters. The molecule has 1 aliphatic carbocycles. The van der Waals surface area contributed by atoms with Crippen LogP contribution >= 0.6 is 0 Å². The zero-order valence-corrected chi connectivity index (χ0v) is 10.3. The maximum atomic E-state index is 4.36. The topological polar surface area (TPSA) is 29.9 Å². The van der Waals surface area contributed by atoms with Crippen LogP contribution in [-0.2, 0) is 6.54 Å². The lowest BCUT2D eigenvalue weighted by molar-refractivity contribution is 0.283. The van der Waals surface area contributed by atoms with Crippen LogP contribution in [0.1, 0.15) is 45.4 Å². The normalized spacial score (nSPS) is 16.1. The number of rotatable bonds is 7. The van der Waals surface area contributed by atoms with Crippen molar-refractivity contribution in [2.24, 2.45) is 5.92 Å². The predicted molar refractivity (Wildman–Crippen MR) is 67.6 cm³/mol. The summed E-state index contributed by atoms with van der Waals surface area (Å²) >= 11 is 0. The quantitative estimate of drug-likeness (QED) is 0.716. The SMILES string of the molecule is CCCCNc1nccn1CCC1CCC1. The van der Waals surface area contributed by atoms with Crippen LogP contribution in [0.25, 0.3) is 0 Å². The number of unbranched alkanes of at least 4 members (excludes halogenated alkanes) is 1. The van der Waals surface area contributed by atoms with Crippen molar-refractivity contribution in [2.45, 2.75) is 52.0 Å². The Morgan fingerprint density at radius 2 is 2.38 bits per heavy atom. The van der Waals surface area contributed by atoms with Crippen molar-refractivity contribution in [2.75, 3.05) is 11.9 Å². The Morgan fingerprint density at radius 1 is 1.50 bits per heavy atom. The Bertz CT molecular complexity index is 302. The summed E-state index contributed by atoms with van der Waals surface area (Å²) in [4.78, 5) is 4.36. The molecule has 0 spiro atoms. The molecule has 3 nitrogen and oxygen atoms in total. The number of anilines is 1. The summed E-state index contributed by atoms with van der Waals surface area (Å²) in [7, 11) is 0. The number of aryl methyl sites for hydroxylation is 1. The molecule has 1 saturated carbocycles. The van der Waals surface area contributed by atoms with Gasteiger partial charge in [-0.1, -0.05) is 32.6 Å². The molecule has 0 saturated heterocycles. The van der Waals surface area contributed by atoms with Gasteiger partial charge in [0.25, 0.3) is 0 Å². The molecule has 1 aliphatic rings. The van der Waals surface area contributed by atoms with Crippen LogP contribution < -0.4 is 5.32 Å². The van der Waals surface area contributed by atoms with Crippen LogP contribution in [0.5, 0.6) is 0 Å². The lowest BCUT2D eigenvalue weighted by Crippen LogP contribution is -2.15. The van der Waals surface area contributed by atoms with Crippen LogP contribution in [0.3, 0.4) is 0 Å². The van der Waals surface area contributed by atoms with Gasteiger partial charge in [-0.2, -0.15) is 0 Å². The van der Waals surface area contributed by atoms with E-state index in [1.54, 1.807) is 0 Å². The number of aromatic nitrogens is 2. The highest BCUT2D eigenvalue weighted by molar-refractivity contribution is 5.25. The molecule has 0 bridgehead atoms. The van der Waals surface area contributed by atoms with Crippen molar-refractivity contribution < 1.29 is 0 Å². The summed E-state index contributed by atoms with van der Waals surface area (Å²) in [5.74, 6) is 2.03. The van der Waals surface area contributed by atoms with Gasteiger partial charge >= 0.3 is 0 Å². The van der Waals surface area contributed by atoms with E-state index >= 15 is 0 Å². The van der Waals surface area contributed by atoms with E-state index in [9.17, 15) is 0 Å². The summed E-state index contributed by atoms with van der Waals surface area (Å²) in [5.41, 5.74) is 0. The van der Waals surface area contributed by atoms with Gasteiger partial charge in [0.2, 0.25) is 5.95 Å². The van der Waals surface area contributed by atoms with Crippen molar-refractivity contribution in [1.82, 2.24) is 9.55 Å². The predicted octanol–water partition coefficient (Wildman–Crippen LogP) is 3.29. The van der Waals surface area contributed by atoms with E-state index in [1.165, 1.54) is 38.5 Å². The third-order valence-electron chi connectivity index (χ3n) is 3.53. The third kappa shape index (κ3) is 3.00. The second kappa shape index (κ2) is 5.92. The summed E-state index contributed by atoms with van der Waals surface area (Å²) in [6.07, 6.45) is 12.1. The average Bonchev–Trinajstić information content (AvgIpc) is 2.64. The fraction of sp³-hybridized carbons (Fsp3) is 0.769. The molecule has 1 N–H and O–H groups in total. The summed E-state index contributed by atoms with van der Waals surface area (Å²) < 4.78 is 2.26. The van der Waals surface area contributed by atoms with Crippen LogP contribution in [0.15, 0.2) is 12.4 Å². The first-order valence-corrected chi connectivity index (χ1v) is 6.65. The van der Waals surface area contributed by atoms with Gasteiger partial charge < -0.3 is 9.88 Å². The van der Waals surface area contributed by atoms with Gasteiger partial charge in [-0.3, -0.25) is 0 Å². The minimum absolute atomic E-state index is 0.978. The monoisotopic (exact) mass is 221 g/mol. The Labute approximate surface area is 98.3 Å². The number of nitrogens with zero attached hydrogens (tertiary/aromatic N) is 2. The molecule has 0 radical (unpaired) electrons. The minimum atomic E-state index is 0.978. The molecule has 1 aromatic rings. The molecule has 0 amide bonds. The Hall–Kier alpha value is -0.990. The molecular formula is C13H23N3. The van der Waals surface area contributed by atoms with Gasteiger partial charge in [0.1, 0.15) is 0 Å². The number of nitrogens with one attached hydrogen (secondary N) is 1. The van der Waals surface area contributed by atoms with Crippen LogP contribution in [0, 0.1) is 5.92 Å². The first-order chi connectivity index (χ1) is 7.90. The fourth-order valence-corrected chi connectivity index (χ4v) is 2.14. The van der Waals surface area contributed by atoms with E-state index in [-0.39, 0.29) is 0 Å². The van der Waals surface area contributed by atoms with Crippen LogP contribution in [-0.4, -0.2) is 16.1 Å². The Morgan fingerprint density at radius 3 is 3.06 bits per heavy atom. The molecule has 1 heterocycles. The van der Waals surface area contributed by atoms with Gasteiger partial charge in [-0.15, -0.1) is 0 Å². The smallest absolute Gasteiger partial charge is 0.202 e. The van der Waals surface area contributed by atoms with Crippen molar-refractivity contribution in [3.8, 4) is 0 Å². The van der Waals surface area contributed by atoms with Crippen molar-refractivity contribution in [1.29, 1.82) is 0 Å². The van der Waals surface area contributed by atoms with Crippen molar-refractivity contribution in [3.05, 3.63) is 12.4 Å². The van der Waals surface area contributed by atoms with E-state index in [0.29, 0.717) is 0 Å². The van der Waals surface area contributed by atoms with Gasteiger partial charge in [-0.25, -0.2) is 4.98 Å². The maximum absolute atomic E-state index is 4.36. The molecular weight excluding hydrogens is 198 g/mol. The van der Waals surface area contributed by atoms with Crippen LogP contribution in [0.2, 0.25) is 0 Å². The second-order valence-corrected chi connectivity index (χ2v) is 4.81. The zero-order chi connectivity index (χ0) is 11.2. The van der Waals surface area contributed by atoms with Crippen molar-refractivity contribution in [3.63, 3.8) is 0 Å². The molecule has 16 heavy (non-hydrogen) atoms. The first kappa shape index (κ1) is 11.5. The summed E-state index contributed by atoms with van der Waals surface area (Å²) in [5, 5.41) is 3.41. The highest BCUT2D eigenvalue weighted by Gasteiger charge is 2.17. The Kier molecular flexibility index (Phi) is 4.25. The number of imidazole rings is 1. The lowest BCUT2D eigenvalue weighted by atomic mass is 9.83. The maximum Gasteiger partial charge on any atom is 0.202 e. The Balaban J connectivity index is 1.76. The molecule has 0 aliphatic heterocycles. The highest BCUT2D eigenvalue weighted by Crippen LogP contribution is 2.29. The van der Waals surface area contributed by atoms with Gasteiger partial charge in [0.05, 0.1) is 0 Å². The van der Waals surface area contributed by atoms with E-state index < -0.39 is 0 Å². The second-order valence-electron chi connectivity index (χ2n) is 4.81. The molecule has 0 aromatic carbocycles. The average molecular weight is 221 g/mol. The van der Waals surface area contributed by atoms with Gasteiger partial charge in [-0.05, 0) is 18.8 Å². The fourth-order valence-electron chi connectivity index (χ4n) is 2.14. The standard InChI is InChI=1S/C13H23N3/c1-2-3-8-14-13-15-9-11-16(13)10-7-12-5-4-6-12/h9,11-12H,2-8,10H2,1H3,(H,14,15). The van der Waals surface area contributed by atoms with Gasteiger partial charge in [0.15, 0.2) is 0 Å². The third-order valence-corrected chi connectivity index (χ3v) is 3.53. The van der Waals surface area contributed by atoms with Crippen LogP contribution in [0.4, 0.5) is 5.95 Å². The minimum Gasteiger partial charge on any atom is -0.356 e. The zero-order valence-electron chi connectivity index (χ0n) is 10.3. The molecule has 2 rings (SSSR count). The number of hydrogen-bond donors (Lipinski definition) is 1. The largest absolute Gasteiger partial charge is 0.356 e. The molecule has 1 fully saturated rings. The summed E-state index contributed by atoms with van der Waals surface area (Å²) in [6, 6.07) is 0. The van der Waals surface area contributed by atoms with E-state index in [2.05, 4.69) is 28.0 Å². The lowest BCUT2D eigenvalue weighted by Gasteiger charge is -2.25. The molecule has 90 valence electrons.